The zero-order chi connectivity index (χ0) is 16.7. The Morgan fingerprint density at radius 3 is 2.92 bits per heavy atom. The standard InChI is InChI=1S/C15H16N4O5/c1-21-8-4-2-7(3-5-8)11-10-12(17-18-15(16)20)14-22-6-9(23-14)13(10)24-19-11/h2-5,9-10,13-14H,6H2,1H3,(H3,16,18,20)/b17-12+/t9-,10-,13-,14-/m1/s1. The third-order valence-corrected chi connectivity index (χ3v) is 4.21. The second-order valence-corrected chi connectivity index (χ2v) is 5.61. The van der Waals surface area contributed by atoms with Crippen LogP contribution in [0.5, 0.6) is 5.75 Å². The molecule has 4 rings (SSSR count). The van der Waals surface area contributed by atoms with E-state index in [1.54, 1.807) is 7.11 Å². The van der Waals surface area contributed by atoms with Gasteiger partial charge >= 0.3 is 6.03 Å². The fraction of sp³-hybridized carbons (Fsp3) is 0.400. The smallest absolute Gasteiger partial charge is 0.332 e. The van der Waals surface area contributed by atoms with Gasteiger partial charge in [0.05, 0.1) is 25.3 Å². The van der Waals surface area contributed by atoms with E-state index in [1.165, 1.54) is 0 Å². The molecule has 2 amide bonds. The van der Waals surface area contributed by atoms with Gasteiger partial charge in [0, 0.05) is 5.56 Å². The molecule has 1 aromatic rings. The van der Waals surface area contributed by atoms with Gasteiger partial charge in [-0.1, -0.05) is 5.16 Å². The van der Waals surface area contributed by atoms with E-state index in [2.05, 4.69) is 15.7 Å². The van der Waals surface area contributed by atoms with Crippen molar-refractivity contribution >= 4 is 17.5 Å². The van der Waals surface area contributed by atoms with Crippen LogP contribution in [0.2, 0.25) is 0 Å². The van der Waals surface area contributed by atoms with Crippen LogP contribution in [0.4, 0.5) is 4.79 Å². The van der Waals surface area contributed by atoms with Crippen LogP contribution in [-0.2, 0) is 14.3 Å². The largest absolute Gasteiger partial charge is 0.497 e. The molecule has 0 aliphatic carbocycles. The van der Waals surface area contributed by atoms with Gasteiger partial charge in [-0.3, -0.25) is 0 Å². The molecule has 9 heteroatoms. The molecule has 2 bridgehead atoms. The number of hydrogen-bond acceptors (Lipinski definition) is 7. The third-order valence-electron chi connectivity index (χ3n) is 4.21. The summed E-state index contributed by atoms with van der Waals surface area (Å²) in [5.74, 6) is 0.464. The first-order chi connectivity index (χ1) is 11.7. The van der Waals surface area contributed by atoms with E-state index in [0.717, 1.165) is 11.3 Å². The Balaban J connectivity index is 1.69. The third kappa shape index (κ3) is 2.38. The van der Waals surface area contributed by atoms with E-state index in [0.29, 0.717) is 18.0 Å². The minimum atomic E-state index is -0.763. The van der Waals surface area contributed by atoms with Gasteiger partial charge in [0.15, 0.2) is 12.4 Å². The molecule has 4 atom stereocenters. The second-order valence-electron chi connectivity index (χ2n) is 5.61. The van der Waals surface area contributed by atoms with E-state index >= 15 is 0 Å². The van der Waals surface area contributed by atoms with Crippen molar-refractivity contribution in [2.45, 2.75) is 18.5 Å². The molecule has 0 spiro atoms. The zero-order valence-electron chi connectivity index (χ0n) is 12.8. The average molecular weight is 332 g/mol. The molecule has 9 nitrogen and oxygen atoms in total. The lowest BCUT2D eigenvalue weighted by Gasteiger charge is -2.29. The molecule has 2 fully saturated rings. The molecule has 0 saturated carbocycles. The minimum Gasteiger partial charge on any atom is -0.497 e. The number of benzene rings is 1. The SMILES string of the molecule is COc1ccc(C2=NO[C@H]3[C@H]2/C(=N\NC(N)=O)[C@@H]2OC[C@H]3O2)cc1. The van der Waals surface area contributed by atoms with Gasteiger partial charge in [0.25, 0.3) is 0 Å². The number of nitrogens with one attached hydrogen (secondary N) is 1. The highest BCUT2D eigenvalue weighted by Gasteiger charge is 2.55. The number of hydrazone groups is 1. The molecule has 0 radical (unpaired) electrons. The Morgan fingerprint density at radius 2 is 2.21 bits per heavy atom. The monoisotopic (exact) mass is 332 g/mol. The first-order valence-electron chi connectivity index (χ1n) is 7.45. The Bertz CT molecular complexity index is 717. The number of nitrogens with zero attached hydrogens (tertiary/aromatic N) is 2. The zero-order valence-corrected chi connectivity index (χ0v) is 12.8. The van der Waals surface area contributed by atoms with Gasteiger partial charge in [-0.2, -0.15) is 5.10 Å². The molecule has 3 N–H and O–H groups in total. The second kappa shape index (κ2) is 5.77. The van der Waals surface area contributed by atoms with E-state index < -0.39 is 12.3 Å². The number of fused-ring (bicyclic) bond motifs is 4. The maximum atomic E-state index is 11.0. The summed E-state index contributed by atoms with van der Waals surface area (Å²) in [6, 6.07) is 6.70. The van der Waals surface area contributed by atoms with Gasteiger partial charge < -0.3 is 24.8 Å². The molecular weight excluding hydrogens is 316 g/mol. The summed E-state index contributed by atoms with van der Waals surface area (Å²) in [5, 5.41) is 8.29. The van der Waals surface area contributed by atoms with Crippen molar-refractivity contribution in [1.29, 1.82) is 0 Å². The number of hydrogen-bond donors (Lipinski definition) is 2. The summed E-state index contributed by atoms with van der Waals surface area (Å²) in [6.07, 6.45) is -1.23. The normalized spacial score (nSPS) is 32.0. The van der Waals surface area contributed by atoms with Gasteiger partial charge in [0.1, 0.15) is 17.6 Å². The number of carbonyl (C=O) groups is 1. The number of carbonyl (C=O) groups excluding carboxylic acids is 1. The maximum Gasteiger partial charge on any atom is 0.332 e. The molecular formula is C15H16N4O5. The van der Waals surface area contributed by atoms with Crippen LogP contribution < -0.4 is 15.9 Å². The van der Waals surface area contributed by atoms with Crippen molar-refractivity contribution < 1.29 is 23.8 Å². The molecule has 126 valence electrons. The van der Waals surface area contributed by atoms with Gasteiger partial charge in [-0.25, -0.2) is 10.2 Å². The van der Waals surface area contributed by atoms with Crippen LogP contribution in [0, 0.1) is 5.92 Å². The van der Waals surface area contributed by atoms with Crippen LogP contribution in [0.25, 0.3) is 0 Å². The summed E-state index contributed by atoms with van der Waals surface area (Å²) >= 11 is 0. The quantitative estimate of drug-likeness (QED) is 0.767. The minimum absolute atomic E-state index is 0.230. The number of rotatable bonds is 3. The highest BCUT2D eigenvalue weighted by atomic mass is 16.7. The van der Waals surface area contributed by atoms with Gasteiger partial charge in [0.2, 0.25) is 0 Å². The lowest BCUT2D eigenvalue weighted by atomic mass is 9.84. The van der Waals surface area contributed by atoms with Crippen LogP contribution in [0.3, 0.4) is 0 Å². The molecule has 24 heavy (non-hydrogen) atoms. The van der Waals surface area contributed by atoms with Crippen LogP contribution in [0.1, 0.15) is 5.56 Å². The molecule has 2 saturated heterocycles. The van der Waals surface area contributed by atoms with Crippen LogP contribution in [0.15, 0.2) is 34.5 Å². The van der Waals surface area contributed by atoms with E-state index in [4.69, 9.17) is 24.8 Å². The lowest BCUT2D eigenvalue weighted by molar-refractivity contribution is -0.0812. The predicted molar refractivity (Wildman–Crippen MR) is 82.7 cm³/mol. The Kier molecular flexibility index (Phi) is 3.58. The molecule has 3 heterocycles. The number of nitrogens with two attached hydrogens (primary N) is 1. The fourth-order valence-corrected chi connectivity index (χ4v) is 3.11. The van der Waals surface area contributed by atoms with Gasteiger partial charge in [-0.05, 0) is 24.3 Å². The molecule has 0 aromatic heterocycles. The number of urea groups is 1. The first kappa shape index (κ1) is 14.9. The molecule has 3 aliphatic rings. The van der Waals surface area contributed by atoms with Crippen LogP contribution in [-0.4, -0.2) is 49.7 Å². The number of methoxy groups -OCH3 is 1. The number of ether oxygens (including phenoxy) is 3. The topological polar surface area (TPSA) is 117 Å². The summed E-state index contributed by atoms with van der Waals surface area (Å²) in [4.78, 5) is 16.6. The Hall–Kier alpha value is -2.65. The summed E-state index contributed by atoms with van der Waals surface area (Å²) in [6.45, 7) is 0.382. The number of oxime groups is 1. The summed E-state index contributed by atoms with van der Waals surface area (Å²) in [5.41, 5.74) is 9.41. The van der Waals surface area contributed by atoms with Crippen molar-refractivity contribution in [2.75, 3.05) is 13.7 Å². The molecule has 0 unspecified atom stereocenters. The highest BCUT2D eigenvalue weighted by molar-refractivity contribution is 6.17. The number of amides is 2. The maximum absolute atomic E-state index is 11.0. The number of primary amides is 1. The van der Waals surface area contributed by atoms with Crippen LogP contribution >= 0.6 is 0 Å². The van der Waals surface area contributed by atoms with E-state index in [-0.39, 0.29) is 18.1 Å². The molecule has 1 aromatic carbocycles. The Labute approximate surface area is 137 Å². The van der Waals surface area contributed by atoms with Crippen molar-refractivity contribution in [1.82, 2.24) is 5.43 Å². The van der Waals surface area contributed by atoms with Crippen molar-refractivity contribution in [3.05, 3.63) is 29.8 Å². The van der Waals surface area contributed by atoms with Gasteiger partial charge in [-0.15, -0.1) is 0 Å². The van der Waals surface area contributed by atoms with Crippen molar-refractivity contribution in [3.8, 4) is 5.75 Å². The molecule has 3 aliphatic heterocycles. The average Bonchev–Trinajstić information content (AvgIpc) is 3.21. The predicted octanol–water partition coefficient (Wildman–Crippen LogP) is 0.194. The van der Waals surface area contributed by atoms with Crippen molar-refractivity contribution in [3.63, 3.8) is 0 Å². The summed E-state index contributed by atoms with van der Waals surface area (Å²) < 4.78 is 16.5. The van der Waals surface area contributed by atoms with E-state index in [1.807, 2.05) is 24.3 Å². The van der Waals surface area contributed by atoms with Crippen molar-refractivity contribution in [2.24, 2.45) is 21.9 Å². The first-order valence-corrected chi connectivity index (χ1v) is 7.45. The fourth-order valence-electron chi connectivity index (χ4n) is 3.11. The lowest BCUT2D eigenvalue weighted by Crippen LogP contribution is -2.49. The Morgan fingerprint density at radius 1 is 1.42 bits per heavy atom. The highest BCUT2D eigenvalue weighted by Crippen LogP contribution is 2.38. The van der Waals surface area contributed by atoms with E-state index in [9.17, 15) is 4.79 Å². The summed E-state index contributed by atoms with van der Waals surface area (Å²) in [7, 11) is 1.61.